The van der Waals surface area contributed by atoms with E-state index in [1.165, 1.54) is 4.57 Å². The highest BCUT2D eigenvalue weighted by atomic mass is 16.5. The number of esters is 1. The number of rotatable bonds is 5. The molecule has 2 heterocycles. The number of ether oxygens (including phenoxy) is 1. The van der Waals surface area contributed by atoms with E-state index >= 15 is 0 Å². The maximum Gasteiger partial charge on any atom is 0.419 e. The number of benzene rings is 2. The van der Waals surface area contributed by atoms with Crippen LogP contribution in [-0.4, -0.2) is 29.6 Å². The van der Waals surface area contributed by atoms with Gasteiger partial charge in [-0.05, 0) is 36.6 Å². The molecule has 7 nitrogen and oxygen atoms in total. The molecule has 0 saturated heterocycles. The van der Waals surface area contributed by atoms with E-state index in [9.17, 15) is 14.4 Å². The summed E-state index contributed by atoms with van der Waals surface area (Å²) in [6.45, 7) is 0.438. The molecule has 0 bridgehead atoms. The SMILES string of the molecule is O=C(CCn1c(=O)oc2ccccc21)OCC(=O)N1CCCc2ccccc21. The fourth-order valence-electron chi connectivity index (χ4n) is 3.51. The number of aryl methyl sites for hydroxylation is 2. The lowest BCUT2D eigenvalue weighted by Crippen LogP contribution is -2.38. The Kier molecular flexibility index (Phi) is 4.97. The summed E-state index contributed by atoms with van der Waals surface area (Å²) < 4.78 is 11.7. The Morgan fingerprint density at radius 2 is 1.86 bits per heavy atom. The zero-order chi connectivity index (χ0) is 19.5. The lowest BCUT2D eigenvalue weighted by atomic mass is 10.0. The van der Waals surface area contributed by atoms with Gasteiger partial charge >= 0.3 is 11.7 Å². The topological polar surface area (TPSA) is 81.7 Å². The molecule has 0 saturated carbocycles. The Balaban J connectivity index is 1.34. The van der Waals surface area contributed by atoms with Crippen molar-refractivity contribution in [3.63, 3.8) is 0 Å². The second-order valence-electron chi connectivity index (χ2n) is 6.68. The number of amides is 1. The van der Waals surface area contributed by atoms with Crippen LogP contribution in [0.2, 0.25) is 0 Å². The third-order valence-electron chi connectivity index (χ3n) is 4.88. The first-order valence-corrected chi connectivity index (χ1v) is 9.26. The molecular formula is C21H20N2O5. The molecule has 3 aromatic rings. The molecule has 144 valence electrons. The quantitative estimate of drug-likeness (QED) is 0.635. The largest absolute Gasteiger partial charge is 0.455 e. The van der Waals surface area contributed by atoms with Gasteiger partial charge in [0.15, 0.2) is 12.2 Å². The van der Waals surface area contributed by atoms with Gasteiger partial charge in [-0.15, -0.1) is 0 Å². The molecule has 0 spiro atoms. The van der Waals surface area contributed by atoms with Crippen LogP contribution in [0.5, 0.6) is 0 Å². The van der Waals surface area contributed by atoms with Crippen molar-refractivity contribution in [3.8, 4) is 0 Å². The van der Waals surface area contributed by atoms with Crippen LogP contribution in [0, 0.1) is 0 Å². The molecule has 0 radical (unpaired) electrons. The minimum absolute atomic E-state index is 0.0205. The normalized spacial score (nSPS) is 13.4. The highest BCUT2D eigenvalue weighted by Crippen LogP contribution is 2.26. The molecule has 0 unspecified atom stereocenters. The standard InChI is InChI=1S/C21H20N2O5/c24-19(22-12-5-7-15-6-1-2-8-16(15)22)14-27-20(25)11-13-23-17-9-3-4-10-18(17)28-21(23)26/h1-4,6,8-10H,5,7,11-14H2. The van der Waals surface area contributed by atoms with Crippen molar-refractivity contribution in [1.29, 1.82) is 0 Å². The van der Waals surface area contributed by atoms with Crippen molar-refractivity contribution in [1.82, 2.24) is 4.57 Å². The smallest absolute Gasteiger partial charge is 0.419 e. The fourth-order valence-corrected chi connectivity index (χ4v) is 3.51. The van der Waals surface area contributed by atoms with Crippen LogP contribution in [0.15, 0.2) is 57.7 Å². The fraction of sp³-hybridized carbons (Fsp3) is 0.286. The third-order valence-corrected chi connectivity index (χ3v) is 4.88. The number of nitrogens with zero attached hydrogens (tertiary/aromatic N) is 2. The van der Waals surface area contributed by atoms with Gasteiger partial charge in [-0.25, -0.2) is 4.79 Å². The number of oxazole rings is 1. The van der Waals surface area contributed by atoms with E-state index in [0.29, 0.717) is 17.6 Å². The van der Waals surface area contributed by atoms with E-state index in [1.807, 2.05) is 24.3 Å². The van der Waals surface area contributed by atoms with Gasteiger partial charge in [0.25, 0.3) is 5.91 Å². The summed E-state index contributed by atoms with van der Waals surface area (Å²) >= 11 is 0. The Bertz CT molecular complexity index is 1080. The van der Waals surface area contributed by atoms with Crippen molar-refractivity contribution in [2.24, 2.45) is 0 Å². The van der Waals surface area contributed by atoms with Crippen molar-refractivity contribution in [2.45, 2.75) is 25.8 Å². The van der Waals surface area contributed by atoms with Crippen LogP contribution in [0.1, 0.15) is 18.4 Å². The number of carbonyl (C=O) groups is 2. The van der Waals surface area contributed by atoms with Gasteiger partial charge in [-0.2, -0.15) is 0 Å². The monoisotopic (exact) mass is 380 g/mol. The maximum atomic E-state index is 12.5. The molecule has 0 aliphatic carbocycles. The summed E-state index contributed by atoms with van der Waals surface area (Å²) in [6, 6.07) is 14.8. The van der Waals surface area contributed by atoms with Crippen LogP contribution in [-0.2, 0) is 27.3 Å². The number of hydrogen-bond acceptors (Lipinski definition) is 5. The average molecular weight is 380 g/mol. The minimum atomic E-state index is -0.532. The third kappa shape index (κ3) is 3.55. The highest BCUT2D eigenvalue weighted by molar-refractivity contribution is 5.96. The molecule has 1 aliphatic rings. The van der Waals surface area contributed by atoms with Crippen LogP contribution in [0.25, 0.3) is 11.1 Å². The van der Waals surface area contributed by atoms with Gasteiger partial charge < -0.3 is 14.1 Å². The zero-order valence-electron chi connectivity index (χ0n) is 15.3. The van der Waals surface area contributed by atoms with Gasteiger partial charge in [0, 0.05) is 18.8 Å². The van der Waals surface area contributed by atoms with Crippen LogP contribution in [0.3, 0.4) is 0 Å². The Morgan fingerprint density at radius 1 is 1.07 bits per heavy atom. The van der Waals surface area contributed by atoms with Gasteiger partial charge in [0.1, 0.15) is 0 Å². The van der Waals surface area contributed by atoms with Gasteiger partial charge in [-0.1, -0.05) is 30.3 Å². The number of fused-ring (bicyclic) bond motifs is 2. The summed E-state index contributed by atoms with van der Waals surface area (Å²) in [5, 5.41) is 0. The zero-order valence-corrected chi connectivity index (χ0v) is 15.3. The first-order chi connectivity index (χ1) is 13.6. The summed E-state index contributed by atoms with van der Waals surface area (Å²) in [6.07, 6.45) is 1.80. The van der Waals surface area contributed by atoms with Crippen LogP contribution < -0.4 is 10.7 Å². The minimum Gasteiger partial charge on any atom is -0.455 e. The molecule has 1 aliphatic heterocycles. The van der Waals surface area contributed by atoms with Gasteiger partial charge in [0.2, 0.25) is 0 Å². The predicted molar refractivity (Wildman–Crippen MR) is 103 cm³/mol. The van der Waals surface area contributed by atoms with Crippen molar-refractivity contribution >= 4 is 28.7 Å². The van der Waals surface area contributed by atoms with E-state index in [0.717, 1.165) is 24.1 Å². The summed E-state index contributed by atoms with van der Waals surface area (Å²) in [5.74, 6) is -1.29. The second-order valence-corrected chi connectivity index (χ2v) is 6.68. The summed E-state index contributed by atoms with van der Waals surface area (Å²) in [4.78, 5) is 38.2. The van der Waals surface area contributed by atoms with Crippen molar-refractivity contribution in [3.05, 3.63) is 64.6 Å². The molecule has 0 fully saturated rings. The highest BCUT2D eigenvalue weighted by Gasteiger charge is 2.23. The van der Waals surface area contributed by atoms with Gasteiger partial charge in [0.05, 0.1) is 11.9 Å². The molecule has 0 N–H and O–H groups in total. The first-order valence-electron chi connectivity index (χ1n) is 9.26. The number of carbonyl (C=O) groups excluding carboxylic acids is 2. The van der Waals surface area contributed by atoms with Crippen LogP contribution >= 0.6 is 0 Å². The molecule has 1 amide bonds. The average Bonchev–Trinajstić information content (AvgIpc) is 3.05. The molecule has 0 atom stereocenters. The lowest BCUT2D eigenvalue weighted by Gasteiger charge is -2.29. The van der Waals surface area contributed by atoms with E-state index in [2.05, 4.69) is 0 Å². The Labute approximate surface area is 161 Å². The molecular weight excluding hydrogens is 360 g/mol. The number of anilines is 1. The second kappa shape index (κ2) is 7.72. The molecule has 4 rings (SSSR count). The predicted octanol–water partition coefficient (Wildman–Crippen LogP) is 2.51. The number of aromatic nitrogens is 1. The van der Waals surface area contributed by atoms with Crippen LogP contribution in [0.4, 0.5) is 5.69 Å². The summed E-state index contributed by atoms with van der Waals surface area (Å²) in [7, 11) is 0. The summed E-state index contributed by atoms with van der Waals surface area (Å²) in [5.41, 5.74) is 3.10. The number of para-hydroxylation sites is 3. The van der Waals surface area contributed by atoms with E-state index in [1.54, 1.807) is 29.2 Å². The molecule has 1 aromatic heterocycles. The maximum absolute atomic E-state index is 12.5. The van der Waals surface area contributed by atoms with E-state index in [-0.39, 0.29) is 25.5 Å². The Hall–Kier alpha value is -3.35. The Morgan fingerprint density at radius 3 is 2.75 bits per heavy atom. The van der Waals surface area contributed by atoms with Crippen molar-refractivity contribution < 1.29 is 18.7 Å². The first kappa shape index (κ1) is 18.0. The van der Waals surface area contributed by atoms with E-state index in [4.69, 9.17) is 9.15 Å². The lowest BCUT2D eigenvalue weighted by molar-refractivity contribution is -0.148. The molecule has 28 heavy (non-hydrogen) atoms. The van der Waals surface area contributed by atoms with Gasteiger partial charge in [-0.3, -0.25) is 14.2 Å². The molecule has 7 heteroatoms. The van der Waals surface area contributed by atoms with E-state index < -0.39 is 11.7 Å². The molecule has 2 aromatic carbocycles. The van der Waals surface area contributed by atoms with Crippen molar-refractivity contribution in [2.75, 3.05) is 18.1 Å². The number of hydrogen-bond donors (Lipinski definition) is 0.